The van der Waals surface area contributed by atoms with E-state index in [1.807, 2.05) is 0 Å². The van der Waals surface area contributed by atoms with Crippen molar-refractivity contribution >= 4 is 17.9 Å². The van der Waals surface area contributed by atoms with Crippen LogP contribution in [0.3, 0.4) is 0 Å². The SMILES string of the molecule is CC/C=C\C/C=C\C/C=C\CCCCCCCC(=O)O[C@@H](COC(=O)CCCCCCC/C=C\CCCC)COC(=O)CCCCCCCCCCC/C=C\C/C=C\CCCCC. The van der Waals surface area contributed by atoms with Crippen LogP contribution < -0.4 is 0 Å². The minimum Gasteiger partial charge on any atom is -0.462 e. The number of allylic oxidation sites excluding steroid dienone is 12. The summed E-state index contributed by atoms with van der Waals surface area (Å²) in [6.07, 6.45) is 64.6. The van der Waals surface area contributed by atoms with Crippen LogP contribution in [0, 0.1) is 0 Å². The van der Waals surface area contributed by atoms with Gasteiger partial charge in [0.05, 0.1) is 0 Å². The van der Waals surface area contributed by atoms with E-state index in [0.717, 1.165) is 109 Å². The highest BCUT2D eigenvalue weighted by Gasteiger charge is 2.19. The third-order valence-corrected chi connectivity index (χ3v) is 11.2. The first-order valence-electron chi connectivity index (χ1n) is 26.4. The first-order valence-corrected chi connectivity index (χ1v) is 26.4. The molecule has 0 bridgehead atoms. The Morgan fingerprint density at radius 3 is 1.03 bits per heavy atom. The lowest BCUT2D eigenvalue weighted by atomic mass is 10.1. The van der Waals surface area contributed by atoms with Crippen LogP contribution in [0.25, 0.3) is 0 Å². The summed E-state index contributed by atoms with van der Waals surface area (Å²) in [5, 5.41) is 0. The molecule has 0 radical (unpaired) electrons. The fraction of sp³-hybridized carbons (Fsp3) is 0.737. The molecule has 0 heterocycles. The largest absolute Gasteiger partial charge is 0.462 e. The van der Waals surface area contributed by atoms with E-state index < -0.39 is 6.10 Å². The third-order valence-electron chi connectivity index (χ3n) is 11.2. The van der Waals surface area contributed by atoms with Crippen LogP contribution >= 0.6 is 0 Å². The van der Waals surface area contributed by atoms with Crippen molar-refractivity contribution in [2.75, 3.05) is 13.2 Å². The molecular weight excluding hydrogens is 781 g/mol. The number of carbonyl (C=O) groups is 3. The van der Waals surface area contributed by atoms with Crippen molar-refractivity contribution in [3.05, 3.63) is 72.9 Å². The molecule has 0 aromatic rings. The first-order chi connectivity index (χ1) is 31.0. The number of unbranched alkanes of at least 4 members (excludes halogenated alkanes) is 24. The smallest absolute Gasteiger partial charge is 0.306 e. The molecule has 0 rings (SSSR count). The zero-order chi connectivity index (χ0) is 45.8. The summed E-state index contributed by atoms with van der Waals surface area (Å²) < 4.78 is 16.8. The van der Waals surface area contributed by atoms with Crippen LogP contribution in [0.1, 0.15) is 252 Å². The van der Waals surface area contributed by atoms with E-state index in [1.165, 1.54) is 103 Å². The molecule has 0 aliphatic carbocycles. The molecule has 0 aliphatic heterocycles. The predicted octanol–water partition coefficient (Wildman–Crippen LogP) is 17.4. The number of hydrogen-bond acceptors (Lipinski definition) is 6. The van der Waals surface area contributed by atoms with Crippen LogP contribution in [-0.2, 0) is 28.6 Å². The maximum atomic E-state index is 12.8. The van der Waals surface area contributed by atoms with Gasteiger partial charge in [0.1, 0.15) is 13.2 Å². The fourth-order valence-electron chi connectivity index (χ4n) is 7.17. The van der Waals surface area contributed by atoms with E-state index >= 15 is 0 Å². The zero-order valence-corrected chi connectivity index (χ0v) is 41.3. The highest BCUT2D eigenvalue weighted by molar-refractivity contribution is 5.71. The lowest BCUT2D eigenvalue weighted by Gasteiger charge is -2.18. The molecule has 6 nitrogen and oxygen atoms in total. The van der Waals surface area contributed by atoms with Gasteiger partial charge in [-0.3, -0.25) is 14.4 Å². The van der Waals surface area contributed by atoms with E-state index in [2.05, 4.69) is 93.7 Å². The molecule has 0 spiro atoms. The Labute approximate surface area is 389 Å². The molecular formula is C57H98O6. The van der Waals surface area contributed by atoms with Crippen LogP contribution in [0.15, 0.2) is 72.9 Å². The molecule has 0 saturated heterocycles. The highest BCUT2D eigenvalue weighted by Crippen LogP contribution is 2.14. The molecule has 0 fully saturated rings. The van der Waals surface area contributed by atoms with Gasteiger partial charge in [-0.1, -0.05) is 203 Å². The Bertz CT molecular complexity index is 1190. The summed E-state index contributed by atoms with van der Waals surface area (Å²) in [5.74, 6) is -0.916. The Morgan fingerprint density at radius 2 is 0.635 bits per heavy atom. The number of hydrogen-bond donors (Lipinski definition) is 0. The van der Waals surface area contributed by atoms with Gasteiger partial charge in [-0.2, -0.15) is 0 Å². The lowest BCUT2D eigenvalue weighted by Crippen LogP contribution is -2.30. The third kappa shape index (κ3) is 49.7. The van der Waals surface area contributed by atoms with Crippen LogP contribution in [-0.4, -0.2) is 37.2 Å². The van der Waals surface area contributed by atoms with Crippen molar-refractivity contribution in [1.29, 1.82) is 0 Å². The van der Waals surface area contributed by atoms with E-state index in [0.29, 0.717) is 19.3 Å². The average Bonchev–Trinajstić information content (AvgIpc) is 3.28. The van der Waals surface area contributed by atoms with Gasteiger partial charge in [-0.25, -0.2) is 0 Å². The van der Waals surface area contributed by atoms with E-state index in [-0.39, 0.29) is 31.1 Å². The second-order valence-corrected chi connectivity index (χ2v) is 17.4. The number of carbonyl (C=O) groups excluding carboxylic acids is 3. The Balaban J connectivity index is 4.37. The first kappa shape index (κ1) is 59.9. The minimum absolute atomic E-state index is 0.0874. The van der Waals surface area contributed by atoms with Gasteiger partial charge in [0, 0.05) is 19.3 Å². The second-order valence-electron chi connectivity index (χ2n) is 17.4. The normalized spacial score (nSPS) is 12.6. The molecule has 0 amide bonds. The van der Waals surface area contributed by atoms with Gasteiger partial charge < -0.3 is 14.2 Å². The van der Waals surface area contributed by atoms with E-state index in [1.54, 1.807) is 0 Å². The summed E-state index contributed by atoms with van der Waals surface area (Å²) in [6, 6.07) is 0. The van der Waals surface area contributed by atoms with Crippen LogP contribution in [0.2, 0.25) is 0 Å². The molecule has 0 N–H and O–H groups in total. The molecule has 0 aromatic heterocycles. The molecule has 0 unspecified atom stereocenters. The molecule has 6 heteroatoms. The topological polar surface area (TPSA) is 78.9 Å². The summed E-state index contributed by atoms with van der Waals surface area (Å²) >= 11 is 0. The van der Waals surface area contributed by atoms with E-state index in [9.17, 15) is 14.4 Å². The van der Waals surface area contributed by atoms with Gasteiger partial charge in [-0.15, -0.1) is 0 Å². The van der Waals surface area contributed by atoms with Gasteiger partial charge >= 0.3 is 17.9 Å². The number of esters is 3. The van der Waals surface area contributed by atoms with Gasteiger partial charge in [0.25, 0.3) is 0 Å². The number of ether oxygens (including phenoxy) is 3. The van der Waals surface area contributed by atoms with Crippen molar-refractivity contribution in [3.8, 4) is 0 Å². The maximum Gasteiger partial charge on any atom is 0.306 e. The molecule has 0 aromatic carbocycles. The number of rotatable bonds is 47. The maximum absolute atomic E-state index is 12.8. The van der Waals surface area contributed by atoms with Crippen LogP contribution in [0.4, 0.5) is 0 Å². The summed E-state index contributed by atoms with van der Waals surface area (Å²) in [6.45, 7) is 6.44. The standard InChI is InChI=1S/C57H98O6/c1-4-7-10-13-16-19-22-24-26-27-28-29-31-32-35-38-41-44-47-50-56(59)62-53-54(52-61-55(58)49-46-43-40-37-34-21-18-15-12-9-6-3)63-57(60)51-48-45-42-39-36-33-30-25-23-20-17-14-11-8-5-2/h8,11,15-20,24-26,30,54H,4-7,9-10,12-14,21-23,27-29,31-53H2,1-3H3/b11-8-,18-15-,19-16-,20-17-,26-24-,30-25-/t54-/m0/s1. The van der Waals surface area contributed by atoms with Crippen molar-refractivity contribution in [3.63, 3.8) is 0 Å². The summed E-state index contributed by atoms with van der Waals surface area (Å²) in [7, 11) is 0. The van der Waals surface area contributed by atoms with Gasteiger partial charge in [0.2, 0.25) is 0 Å². The van der Waals surface area contributed by atoms with Gasteiger partial charge in [0.15, 0.2) is 6.10 Å². The van der Waals surface area contributed by atoms with Crippen molar-refractivity contribution in [2.24, 2.45) is 0 Å². The zero-order valence-electron chi connectivity index (χ0n) is 41.3. The predicted molar refractivity (Wildman–Crippen MR) is 270 cm³/mol. The molecule has 1 atom stereocenters. The van der Waals surface area contributed by atoms with Crippen molar-refractivity contribution in [1.82, 2.24) is 0 Å². The van der Waals surface area contributed by atoms with Crippen molar-refractivity contribution in [2.45, 2.75) is 258 Å². The summed E-state index contributed by atoms with van der Waals surface area (Å²) in [5.41, 5.74) is 0. The molecule has 362 valence electrons. The minimum atomic E-state index is -0.788. The summed E-state index contributed by atoms with van der Waals surface area (Å²) in [4.78, 5) is 38.0. The Morgan fingerprint density at radius 1 is 0.333 bits per heavy atom. The average molecular weight is 879 g/mol. The van der Waals surface area contributed by atoms with E-state index in [4.69, 9.17) is 14.2 Å². The highest BCUT2D eigenvalue weighted by atomic mass is 16.6. The Kier molecular flexibility index (Phi) is 48.9. The van der Waals surface area contributed by atoms with Gasteiger partial charge in [-0.05, 0) is 103 Å². The quantitative estimate of drug-likeness (QED) is 0.0262. The molecule has 63 heavy (non-hydrogen) atoms. The monoisotopic (exact) mass is 879 g/mol. The Hall–Kier alpha value is -3.15. The van der Waals surface area contributed by atoms with Crippen molar-refractivity contribution < 1.29 is 28.6 Å². The second kappa shape index (κ2) is 51.5. The lowest BCUT2D eigenvalue weighted by molar-refractivity contribution is -0.167. The molecule has 0 saturated carbocycles. The van der Waals surface area contributed by atoms with Crippen LogP contribution in [0.5, 0.6) is 0 Å². The fourth-order valence-corrected chi connectivity index (χ4v) is 7.17. The molecule has 0 aliphatic rings.